The maximum atomic E-state index is 9.04. The van der Waals surface area contributed by atoms with Crippen molar-refractivity contribution < 1.29 is 4.74 Å². The number of anilines is 2. The normalized spacial score (nSPS) is 9.90. The van der Waals surface area contributed by atoms with E-state index < -0.39 is 0 Å². The van der Waals surface area contributed by atoms with E-state index in [1.54, 1.807) is 25.1 Å². The molecule has 0 aliphatic carbocycles. The Morgan fingerprint density at radius 3 is 2.80 bits per heavy atom. The summed E-state index contributed by atoms with van der Waals surface area (Å²) in [6.45, 7) is 2.20. The van der Waals surface area contributed by atoms with Gasteiger partial charge in [-0.1, -0.05) is 11.6 Å². The first-order valence-corrected chi connectivity index (χ1v) is 6.39. The summed E-state index contributed by atoms with van der Waals surface area (Å²) in [6, 6.07) is 6.96. The van der Waals surface area contributed by atoms with Crippen LogP contribution in [0, 0.1) is 11.3 Å². The molecule has 1 aromatic carbocycles. The Morgan fingerprint density at radius 1 is 1.30 bits per heavy atom. The van der Waals surface area contributed by atoms with Crippen molar-refractivity contribution >= 4 is 34.8 Å². The number of nitrogens with zero attached hydrogens (tertiary/aromatic N) is 4. The number of hydrogen-bond donors (Lipinski definition) is 1. The van der Waals surface area contributed by atoms with Crippen LogP contribution in [0.2, 0.25) is 10.3 Å². The zero-order chi connectivity index (χ0) is 14.5. The highest BCUT2D eigenvalue weighted by Gasteiger charge is 2.09. The van der Waals surface area contributed by atoms with Crippen LogP contribution in [0.15, 0.2) is 18.2 Å². The lowest BCUT2D eigenvalue weighted by Gasteiger charge is -2.08. The highest BCUT2D eigenvalue weighted by molar-refractivity contribution is 6.31. The van der Waals surface area contributed by atoms with Crippen molar-refractivity contribution in [3.63, 3.8) is 0 Å². The van der Waals surface area contributed by atoms with Crippen molar-refractivity contribution in [1.82, 2.24) is 15.0 Å². The zero-order valence-corrected chi connectivity index (χ0v) is 11.9. The summed E-state index contributed by atoms with van der Waals surface area (Å²) in [5.74, 6) is 0.173. The molecule has 0 unspecified atom stereocenters. The van der Waals surface area contributed by atoms with Crippen molar-refractivity contribution in [2.75, 3.05) is 11.9 Å². The Labute approximate surface area is 125 Å². The van der Waals surface area contributed by atoms with Gasteiger partial charge in [-0.15, -0.1) is 0 Å². The fourth-order valence-corrected chi connectivity index (χ4v) is 1.74. The Morgan fingerprint density at radius 2 is 2.10 bits per heavy atom. The van der Waals surface area contributed by atoms with E-state index >= 15 is 0 Å². The van der Waals surface area contributed by atoms with Crippen molar-refractivity contribution in [3.05, 3.63) is 34.1 Å². The van der Waals surface area contributed by atoms with Crippen molar-refractivity contribution in [2.24, 2.45) is 0 Å². The predicted molar refractivity (Wildman–Crippen MR) is 75.5 cm³/mol. The zero-order valence-electron chi connectivity index (χ0n) is 10.4. The SMILES string of the molecule is CCOc1nc(Cl)nc(Nc2cc(Cl)ccc2C#N)n1. The van der Waals surface area contributed by atoms with Gasteiger partial charge in [-0.2, -0.15) is 20.2 Å². The summed E-state index contributed by atoms with van der Waals surface area (Å²) in [5, 5.41) is 12.4. The molecule has 1 aromatic heterocycles. The Balaban J connectivity index is 2.35. The third-order valence-corrected chi connectivity index (χ3v) is 2.61. The lowest BCUT2D eigenvalue weighted by atomic mass is 10.2. The van der Waals surface area contributed by atoms with Gasteiger partial charge in [0.2, 0.25) is 11.2 Å². The maximum absolute atomic E-state index is 9.04. The average molecular weight is 310 g/mol. The molecule has 0 aliphatic heterocycles. The third-order valence-electron chi connectivity index (χ3n) is 2.21. The van der Waals surface area contributed by atoms with E-state index in [1.165, 1.54) is 0 Å². The van der Waals surface area contributed by atoms with E-state index in [9.17, 15) is 0 Å². The molecule has 2 rings (SSSR count). The first-order valence-electron chi connectivity index (χ1n) is 5.63. The summed E-state index contributed by atoms with van der Waals surface area (Å²) in [5.41, 5.74) is 0.883. The number of nitrogens with one attached hydrogen (secondary N) is 1. The molecule has 8 heteroatoms. The number of ether oxygens (including phenoxy) is 1. The van der Waals surface area contributed by atoms with Gasteiger partial charge < -0.3 is 10.1 Å². The minimum Gasteiger partial charge on any atom is -0.464 e. The lowest BCUT2D eigenvalue weighted by molar-refractivity contribution is 0.312. The van der Waals surface area contributed by atoms with Crippen LogP contribution in [-0.2, 0) is 0 Å². The molecule has 0 amide bonds. The molecule has 1 heterocycles. The molecule has 0 fully saturated rings. The second-order valence-electron chi connectivity index (χ2n) is 3.57. The van der Waals surface area contributed by atoms with Gasteiger partial charge in [0.05, 0.1) is 17.9 Å². The molecule has 0 spiro atoms. The van der Waals surface area contributed by atoms with E-state index in [2.05, 4.69) is 20.3 Å². The maximum Gasteiger partial charge on any atom is 0.322 e. The fraction of sp³-hybridized carbons (Fsp3) is 0.167. The lowest BCUT2D eigenvalue weighted by Crippen LogP contribution is -2.04. The molecule has 0 saturated heterocycles. The molecule has 0 atom stereocenters. The molecule has 1 N–H and O–H groups in total. The first kappa shape index (κ1) is 14.3. The van der Waals surface area contributed by atoms with Gasteiger partial charge >= 0.3 is 6.01 Å². The van der Waals surface area contributed by atoms with Crippen LogP contribution in [0.1, 0.15) is 12.5 Å². The predicted octanol–water partition coefficient (Wildman–Crippen LogP) is 3.19. The molecular formula is C12H9Cl2N5O. The van der Waals surface area contributed by atoms with E-state index in [0.29, 0.717) is 22.9 Å². The summed E-state index contributed by atoms with van der Waals surface area (Å²) in [6.07, 6.45) is 0. The van der Waals surface area contributed by atoms with Crippen LogP contribution in [0.4, 0.5) is 11.6 Å². The highest BCUT2D eigenvalue weighted by Crippen LogP contribution is 2.23. The Bertz CT molecular complexity index is 671. The summed E-state index contributed by atoms with van der Waals surface area (Å²) >= 11 is 11.7. The monoisotopic (exact) mass is 309 g/mol. The Kier molecular flexibility index (Phi) is 4.56. The number of nitriles is 1. The number of benzene rings is 1. The number of hydrogen-bond acceptors (Lipinski definition) is 6. The van der Waals surface area contributed by atoms with Crippen LogP contribution >= 0.6 is 23.2 Å². The highest BCUT2D eigenvalue weighted by atomic mass is 35.5. The molecule has 102 valence electrons. The second-order valence-corrected chi connectivity index (χ2v) is 4.34. The van der Waals surface area contributed by atoms with Crippen molar-refractivity contribution in [2.45, 2.75) is 6.92 Å². The molecule has 0 aliphatic rings. The van der Waals surface area contributed by atoms with Crippen LogP contribution in [0.3, 0.4) is 0 Å². The van der Waals surface area contributed by atoms with Gasteiger partial charge in [-0.05, 0) is 36.7 Å². The van der Waals surface area contributed by atoms with Crippen molar-refractivity contribution in [3.8, 4) is 12.1 Å². The minimum absolute atomic E-state index is 0.00788. The van der Waals surface area contributed by atoms with Crippen LogP contribution < -0.4 is 10.1 Å². The van der Waals surface area contributed by atoms with Crippen LogP contribution in [0.5, 0.6) is 6.01 Å². The standard InChI is InChI=1S/C12H9Cl2N5O/c1-2-20-12-18-10(14)17-11(19-12)16-9-5-8(13)4-3-7(9)6-15/h3-5H,2H2,1H3,(H,16,17,18,19). The topological polar surface area (TPSA) is 83.7 Å². The summed E-state index contributed by atoms with van der Waals surface area (Å²) in [7, 11) is 0. The number of halogens is 2. The van der Waals surface area contributed by atoms with Gasteiger partial charge in [0.15, 0.2) is 0 Å². The summed E-state index contributed by atoms with van der Waals surface area (Å²) < 4.78 is 5.17. The van der Waals surface area contributed by atoms with Gasteiger partial charge in [0.1, 0.15) is 6.07 Å². The van der Waals surface area contributed by atoms with Crippen LogP contribution in [-0.4, -0.2) is 21.6 Å². The minimum atomic E-state index is -0.00788. The van der Waals surface area contributed by atoms with Gasteiger partial charge in [0.25, 0.3) is 0 Å². The van der Waals surface area contributed by atoms with E-state index in [1.807, 2.05) is 6.07 Å². The molecule has 0 radical (unpaired) electrons. The molecular weight excluding hydrogens is 301 g/mol. The van der Waals surface area contributed by atoms with Crippen LogP contribution in [0.25, 0.3) is 0 Å². The molecule has 2 aromatic rings. The molecule has 20 heavy (non-hydrogen) atoms. The largest absolute Gasteiger partial charge is 0.464 e. The first-order chi connectivity index (χ1) is 9.62. The third kappa shape index (κ3) is 3.47. The van der Waals surface area contributed by atoms with Gasteiger partial charge in [-0.3, -0.25) is 0 Å². The van der Waals surface area contributed by atoms with E-state index in [-0.39, 0.29) is 17.2 Å². The average Bonchev–Trinajstić information content (AvgIpc) is 2.38. The number of rotatable bonds is 4. The number of aromatic nitrogens is 3. The Hall–Kier alpha value is -2.10. The smallest absolute Gasteiger partial charge is 0.322 e. The quantitative estimate of drug-likeness (QED) is 0.933. The molecule has 6 nitrogen and oxygen atoms in total. The van der Waals surface area contributed by atoms with E-state index in [4.69, 9.17) is 33.2 Å². The van der Waals surface area contributed by atoms with Crippen molar-refractivity contribution in [1.29, 1.82) is 5.26 Å². The van der Waals surface area contributed by atoms with Gasteiger partial charge in [0, 0.05) is 5.02 Å². The second kappa shape index (κ2) is 6.37. The molecule has 0 bridgehead atoms. The summed E-state index contributed by atoms with van der Waals surface area (Å²) in [4.78, 5) is 11.8. The van der Waals surface area contributed by atoms with Gasteiger partial charge in [-0.25, -0.2) is 0 Å². The molecule has 0 saturated carbocycles. The fourth-order valence-electron chi connectivity index (χ4n) is 1.42. The van der Waals surface area contributed by atoms with E-state index in [0.717, 1.165) is 0 Å².